The minimum atomic E-state index is -0.110. The Hall–Kier alpha value is -0.810. The number of piperidine rings is 3. The van der Waals surface area contributed by atoms with Crippen molar-refractivity contribution < 1.29 is 4.79 Å². The monoisotopic (exact) mass is 327 g/mol. The highest BCUT2D eigenvalue weighted by Gasteiger charge is 2.33. The SMILES string of the molecule is O=C(CNC1CN2CCC1CC2)Nc1c(Cl)cccc1Cl. The molecule has 1 aromatic carbocycles. The molecular formula is C15H19Cl2N3O. The molecule has 4 nitrogen and oxygen atoms in total. The first kappa shape index (κ1) is 15.1. The van der Waals surface area contributed by atoms with Gasteiger partial charge in [0.1, 0.15) is 0 Å². The third-order valence-electron chi connectivity index (χ3n) is 4.41. The first-order chi connectivity index (χ1) is 10.1. The molecule has 0 aliphatic carbocycles. The summed E-state index contributed by atoms with van der Waals surface area (Å²) in [5, 5.41) is 7.07. The van der Waals surface area contributed by atoms with Crippen molar-refractivity contribution in [2.75, 3.05) is 31.5 Å². The summed E-state index contributed by atoms with van der Waals surface area (Å²) < 4.78 is 0. The maximum atomic E-state index is 12.1. The Morgan fingerprint density at radius 3 is 2.48 bits per heavy atom. The molecule has 1 atom stereocenters. The lowest BCUT2D eigenvalue weighted by atomic mass is 9.84. The number of fused-ring (bicyclic) bond motifs is 3. The number of carbonyl (C=O) groups excluding carboxylic acids is 1. The van der Waals surface area contributed by atoms with Crippen LogP contribution in [-0.4, -0.2) is 43.0 Å². The van der Waals surface area contributed by atoms with E-state index >= 15 is 0 Å². The van der Waals surface area contributed by atoms with Gasteiger partial charge in [0, 0.05) is 12.6 Å². The van der Waals surface area contributed by atoms with Crippen molar-refractivity contribution in [2.45, 2.75) is 18.9 Å². The van der Waals surface area contributed by atoms with E-state index in [1.54, 1.807) is 18.2 Å². The van der Waals surface area contributed by atoms with Crippen LogP contribution in [0.2, 0.25) is 10.0 Å². The summed E-state index contributed by atoms with van der Waals surface area (Å²) in [7, 11) is 0. The smallest absolute Gasteiger partial charge is 0.238 e. The van der Waals surface area contributed by atoms with E-state index in [9.17, 15) is 4.79 Å². The maximum Gasteiger partial charge on any atom is 0.238 e. The Labute approximate surface area is 134 Å². The average Bonchev–Trinajstić information content (AvgIpc) is 2.50. The van der Waals surface area contributed by atoms with Crippen LogP contribution in [0.15, 0.2) is 18.2 Å². The Bertz CT molecular complexity index is 509. The molecule has 4 rings (SSSR count). The summed E-state index contributed by atoms with van der Waals surface area (Å²) in [6, 6.07) is 5.60. The van der Waals surface area contributed by atoms with Gasteiger partial charge in [-0.25, -0.2) is 0 Å². The number of amides is 1. The first-order valence-corrected chi connectivity index (χ1v) is 8.08. The molecule has 21 heavy (non-hydrogen) atoms. The van der Waals surface area contributed by atoms with Gasteiger partial charge in [-0.2, -0.15) is 0 Å². The number of halogens is 2. The number of para-hydroxylation sites is 1. The van der Waals surface area contributed by atoms with E-state index in [1.165, 1.54) is 25.9 Å². The number of rotatable bonds is 4. The number of nitrogens with zero attached hydrogens (tertiary/aromatic N) is 1. The van der Waals surface area contributed by atoms with Crippen LogP contribution in [0.3, 0.4) is 0 Å². The molecule has 1 unspecified atom stereocenters. The zero-order chi connectivity index (χ0) is 14.8. The number of nitrogens with one attached hydrogen (secondary N) is 2. The Kier molecular flexibility index (Phi) is 4.69. The number of carbonyl (C=O) groups is 1. The van der Waals surface area contributed by atoms with Crippen molar-refractivity contribution in [3.8, 4) is 0 Å². The van der Waals surface area contributed by atoms with Gasteiger partial charge in [-0.05, 0) is 44.0 Å². The second-order valence-electron chi connectivity index (χ2n) is 5.77. The summed E-state index contributed by atoms with van der Waals surface area (Å²) in [6.07, 6.45) is 2.46. The van der Waals surface area contributed by atoms with Crippen LogP contribution in [0.25, 0.3) is 0 Å². The van der Waals surface area contributed by atoms with Crippen LogP contribution >= 0.6 is 23.2 Å². The van der Waals surface area contributed by atoms with Crippen LogP contribution in [0, 0.1) is 5.92 Å². The van der Waals surface area contributed by atoms with Crippen LogP contribution in [0.4, 0.5) is 5.69 Å². The van der Waals surface area contributed by atoms with E-state index in [0.29, 0.717) is 27.7 Å². The lowest BCUT2D eigenvalue weighted by Crippen LogP contribution is -2.57. The van der Waals surface area contributed by atoms with Crippen molar-refractivity contribution in [3.05, 3.63) is 28.2 Å². The van der Waals surface area contributed by atoms with Gasteiger partial charge < -0.3 is 15.5 Å². The molecule has 3 aliphatic rings. The quantitative estimate of drug-likeness (QED) is 0.893. The molecule has 1 amide bonds. The Balaban J connectivity index is 1.53. The maximum absolute atomic E-state index is 12.1. The normalized spacial score (nSPS) is 27.6. The summed E-state index contributed by atoms with van der Waals surface area (Å²) in [4.78, 5) is 14.5. The van der Waals surface area contributed by atoms with Crippen molar-refractivity contribution in [2.24, 2.45) is 5.92 Å². The number of benzene rings is 1. The zero-order valence-corrected chi connectivity index (χ0v) is 13.3. The van der Waals surface area contributed by atoms with Gasteiger partial charge in [0.15, 0.2) is 0 Å². The van der Waals surface area contributed by atoms with Gasteiger partial charge in [-0.3, -0.25) is 4.79 Å². The van der Waals surface area contributed by atoms with Gasteiger partial charge >= 0.3 is 0 Å². The van der Waals surface area contributed by atoms with Crippen LogP contribution in [-0.2, 0) is 4.79 Å². The molecule has 6 heteroatoms. The minimum Gasteiger partial charge on any atom is -0.322 e. The average molecular weight is 328 g/mol. The van der Waals surface area contributed by atoms with Crippen molar-refractivity contribution in [1.82, 2.24) is 10.2 Å². The summed E-state index contributed by atoms with van der Waals surface area (Å²) in [6.45, 7) is 3.73. The van der Waals surface area contributed by atoms with E-state index in [-0.39, 0.29) is 12.5 Å². The molecule has 3 saturated heterocycles. The molecule has 3 fully saturated rings. The van der Waals surface area contributed by atoms with Crippen LogP contribution in [0.1, 0.15) is 12.8 Å². The fourth-order valence-electron chi connectivity index (χ4n) is 3.22. The number of hydrogen-bond acceptors (Lipinski definition) is 3. The molecule has 1 aromatic rings. The summed E-state index contributed by atoms with van der Waals surface area (Å²) in [5.74, 6) is 0.591. The molecule has 2 N–H and O–H groups in total. The van der Waals surface area contributed by atoms with Gasteiger partial charge in [-0.15, -0.1) is 0 Å². The summed E-state index contributed by atoms with van der Waals surface area (Å²) >= 11 is 12.1. The standard InChI is InChI=1S/C15H19Cl2N3O/c16-11-2-1-3-12(17)15(11)19-14(21)8-18-13-9-20-6-4-10(13)5-7-20/h1-3,10,13,18H,4-9H2,(H,19,21). The fraction of sp³-hybridized carbons (Fsp3) is 0.533. The largest absolute Gasteiger partial charge is 0.322 e. The van der Waals surface area contributed by atoms with E-state index in [0.717, 1.165) is 6.54 Å². The molecule has 0 saturated carbocycles. The molecule has 114 valence electrons. The van der Waals surface area contributed by atoms with E-state index in [4.69, 9.17) is 23.2 Å². The van der Waals surface area contributed by atoms with Gasteiger partial charge in [0.05, 0.1) is 22.3 Å². The van der Waals surface area contributed by atoms with E-state index in [1.807, 2.05) is 0 Å². The molecular weight excluding hydrogens is 309 g/mol. The van der Waals surface area contributed by atoms with Crippen molar-refractivity contribution >= 4 is 34.8 Å². The van der Waals surface area contributed by atoms with Gasteiger partial charge in [-0.1, -0.05) is 29.3 Å². The molecule has 0 aromatic heterocycles. The van der Waals surface area contributed by atoms with E-state index in [2.05, 4.69) is 15.5 Å². The van der Waals surface area contributed by atoms with Crippen LogP contribution in [0.5, 0.6) is 0 Å². The highest BCUT2D eigenvalue weighted by atomic mass is 35.5. The van der Waals surface area contributed by atoms with Crippen molar-refractivity contribution in [3.63, 3.8) is 0 Å². The molecule has 3 heterocycles. The predicted octanol–water partition coefficient (Wildman–Crippen LogP) is 2.62. The lowest BCUT2D eigenvalue weighted by Gasteiger charge is -2.45. The number of hydrogen-bond donors (Lipinski definition) is 2. The molecule has 3 aliphatic heterocycles. The highest BCUT2D eigenvalue weighted by Crippen LogP contribution is 2.30. The second kappa shape index (κ2) is 6.53. The minimum absolute atomic E-state index is 0.110. The fourth-order valence-corrected chi connectivity index (χ4v) is 3.71. The molecule has 2 bridgehead atoms. The highest BCUT2D eigenvalue weighted by molar-refractivity contribution is 6.39. The molecule has 0 spiro atoms. The van der Waals surface area contributed by atoms with E-state index < -0.39 is 0 Å². The number of anilines is 1. The van der Waals surface area contributed by atoms with Crippen LogP contribution < -0.4 is 10.6 Å². The second-order valence-corrected chi connectivity index (χ2v) is 6.58. The molecule has 0 radical (unpaired) electrons. The third kappa shape index (κ3) is 3.51. The summed E-state index contributed by atoms with van der Waals surface area (Å²) in [5.41, 5.74) is 0.488. The topological polar surface area (TPSA) is 44.4 Å². The Morgan fingerprint density at radius 1 is 1.24 bits per heavy atom. The first-order valence-electron chi connectivity index (χ1n) is 7.33. The van der Waals surface area contributed by atoms with Gasteiger partial charge in [0.25, 0.3) is 0 Å². The predicted molar refractivity (Wildman–Crippen MR) is 86.0 cm³/mol. The Morgan fingerprint density at radius 2 is 1.90 bits per heavy atom. The third-order valence-corrected chi connectivity index (χ3v) is 5.04. The van der Waals surface area contributed by atoms with Gasteiger partial charge in [0.2, 0.25) is 5.91 Å². The lowest BCUT2D eigenvalue weighted by molar-refractivity contribution is -0.115. The zero-order valence-electron chi connectivity index (χ0n) is 11.7. The van der Waals surface area contributed by atoms with Crippen molar-refractivity contribution in [1.29, 1.82) is 0 Å².